The number of pyridine rings is 1. The number of hydrogen-bond acceptors (Lipinski definition) is 3. The predicted octanol–water partition coefficient (Wildman–Crippen LogP) is 4.13. The van der Waals surface area contributed by atoms with Crippen LogP contribution in [0.15, 0.2) is 67.0 Å². The number of nitrogens with two attached hydrogens (primary N) is 1. The van der Waals surface area contributed by atoms with Crippen molar-refractivity contribution in [2.24, 2.45) is 5.73 Å². The van der Waals surface area contributed by atoms with Gasteiger partial charge in [0.1, 0.15) is 0 Å². The third kappa shape index (κ3) is 3.41. The summed E-state index contributed by atoms with van der Waals surface area (Å²) in [6.45, 7) is 3.43. The molecule has 3 aromatic rings. The second kappa shape index (κ2) is 7.07. The fraction of sp³-hybridized carbons (Fsp3) is 0.150. The van der Waals surface area contributed by atoms with Crippen molar-refractivity contribution in [1.82, 2.24) is 4.98 Å². The molecule has 23 heavy (non-hydrogen) atoms. The first-order valence-electron chi connectivity index (χ1n) is 7.80. The number of rotatable bonds is 5. The molecule has 0 bridgehead atoms. The summed E-state index contributed by atoms with van der Waals surface area (Å²) in [6.07, 6.45) is 3.60. The predicted molar refractivity (Wildman–Crippen MR) is 96.1 cm³/mol. The maximum absolute atomic E-state index is 6.03. The molecule has 0 fully saturated rings. The van der Waals surface area contributed by atoms with Gasteiger partial charge in [0.25, 0.3) is 0 Å². The normalized spacial score (nSPS) is 10.5. The number of benzene rings is 2. The lowest BCUT2D eigenvalue weighted by molar-refractivity contribution is 0.990. The largest absolute Gasteiger partial charge is 0.380 e. The van der Waals surface area contributed by atoms with E-state index >= 15 is 0 Å². The fourth-order valence-electron chi connectivity index (χ4n) is 2.86. The molecule has 0 saturated heterocycles. The summed E-state index contributed by atoms with van der Waals surface area (Å²) in [6, 6.07) is 18.7. The highest BCUT2D eigenvalue weighted by atomic mass is 14.9. The van der Waals surface area contributed by atoms with Crippen LogP contribution in [0.4, 0.5) is 5.69 Å². The lowest BCUT2D eigenvalue weighted by atomic mass is 9.92. The molecule has 0 atom stereocenters. The lowest BCUT2D eigenvalue weighted by Crippen LogP contribution is -2.09. The highest BCUT2D eigenvalue weighted by Crippen LogP contribution is 2.28. The molecule has 0 radical (unpaired) electrons. The maximum Gasteiger partial charge on any atom is 0.0529 e. The Balaban J connectivity index is 1.89. The van der Waals surface area contributed by atoms with Gasteiger partial charge in [-0.2, -0.15) is 0 Å². The molecule has 0 aliphatic rings. The maximum atomic E-state index is 6.03. The van der Waals surface area contributed by atoms with Crippen molar-refractivity contribution in [2.75, 3.05) is 5.32 Å². The minimum absolute atomic E-state index is 0.538. The van der Waals surface area contributed by atoms with Gasteiger partial charge in [-0.1, -0.05) is 42.5 Å². The van der Waals surface area contributed by atoms with Gasteiger partial charge in [0.05, 0.1) is 5.69 Å². The van der Waals surface area contributed by atoms with Crippen LogP contribution in [0.1, 0.15) is 16.7 Å². The molecule has 116 valence electrons. The summed E-state index contributed by atoms with van der Waals surface area (Å²) in [7, 11) is 0. The van der Waals surface area contributed by atoms with Gasteiger partial charge < -0.3 is 11.1 Å². The van der Waals surface area contributed by atoms with E-state index in [9.17, 15) is 0 Å². The van der Waals surface area contributed by atoms with Crippen LogP contribution in [0.5, 0.6) is 0 Å². The Kier molecular flexibility index (Phi) is 4.69. The molecule has 1 heterocycles. The van der Waals surface area contributed by atoms with E-state index in [0.29, 0.717) is 6.54 Å². The van der Waals surface area contributed by atoms with Gasteiger partial charge in [-0.05, 0) is 46.9 Å². The molecule has 0 aliphatic carbocycles. The minimum Gasteiger partial charge on any atom is -0.380 e. The summed E-state index contributed by atoms with van der Waals surface area (Å²) in [5.74, 6) is 0. The van der Waals surface area contributed by atoms with Crippen molar-refractivity contribution >= 4 is 5.69 Å². The average Bonchev–Trinajstić information content (AvgIpc) is 2.61. The first-order valence-corrected chi connectivity index (χ1v) is 7.80. The number of nitrogens with one attached hydrogen (secondary N) is 1. The Morgan fingerprint density at radius 1 is 1.00 bits per heavy atom. The van der Waals surface area contributed by atoms with Crippen molar-refractivity contribution in [3.05, 3.63) is 83.7 Å². The van der Waals surface area contributed by atoms with E-state index < -0.39 is 0 Å². The molecular formula is C20H21N3. The Hall–Kier alpha value is -2.65. The Morgan fingerprint density at radius 3 is 2.52 bits per heavy atom. The SMILES string of the molecule is Cc1c(-c2ccccc2)ccc(CNc2cccnc2)c1CN. The van der Waals surface area contributed by atoms with Crippen LogP contribution in [0, 0.1) is 6.92 Å². The van der Waals surface area contributed by atoms with Gasteiger partial charge in [-0.15, -0.1) is 0 Å². The molecular weight excluding hydrogens is 282 g/mol. The number of aromatic nitrogens is 1. The molecule has 0 amide bonds. The van der Waals surface area contributed by atoms with Crippen LogP contribution in [0.2, 0.25) is 0 Å². The summed E-state index contributed by atoms with van der Waals surface area (Å²) < 4.78 is 0. The van der Waals surface area contributed by atoms with E-state index in [0.717, 1.165) is 12.2 Å². The average molecular weight is 303 g/mol. The summed E-state index contributed by atoms with van der Waals surface area (Å²) in [5.41, 5.74) is 13.2. The zero-order chi connectivity index (χ0) is 16.1. The molecule has 1 aromatic heterocycles. The Labute approximate surface area is 137 Å². The standard InChI is InChI=1S/C20H21N3/c1-15-19(16-6-3-2-4-7-16)10-9-17(20(15)12-21)13-23-18-8-5-11-22-14-18/h2-11,14,23H,12-13,21H2,1H3. The van der Waals surface area contributed by atoms with Crippen LogP contribution in [-0.4, -0.2) is 4.98 Å². The second-order valence-corrected chi connectivity index (χ2v) is 5.54. The van der Waals surface area contributed by atoms with Crippen molar-refractivity contribution in [1.29, 1.82) is 0 Å². The molecule has 3 N–H and O–H groups in total. The summed E-state index contributed by atoms with van der Waals surface area (Å²) in [5, 5.41) is 3.40. The van der Waals surface area contributed by atoms with Gasteiger partial charge >= 0.3 is 0 Å². The first kappa shape index (κ1) is 15.3. The summed E-state index contributed by atoms with van der Waals surface area (Å²) in [4.78, 5) is 4.12. The van der Waals surface area contributed by atoms with Crippen LogP contribution >= 0.6 is 0 Å². The molecule has 0 unspecified atom stereocenters. The molecule has 0 aliphatic heterocycles. The highest BCUT2D eigenvalue weighted by Gasteiger charge is 2.10. The van der Waals surface area contributed by atoms with E-state index in [1.165, 1.54) is 27.8 Å². The minimum atomic E-state index is 0.538. The van der Waals surface area contributed by atoms with Crippen molar-refractivity contribution in [3.63, 3.8) is 0 Å². The van der Waals surface area contributed by atoms with Crippen molar-refractivity contribution < 1.29 is 0 Å². The zero-order valence-electron chi connectivity index (χ0n) is 13.3. The molecule has 3 heteroatoms. The summed E-state index contributed by atoms with van der Waals surface area (Å²) >= 11 is 0. The van der Waals surface area contributed by atoms with Crippen molar-refractivity contribution in [3.8, 4) is 11.1 Å². The van der Waals surface area contributed by atoms with E-state index in [2.05, 4.69) is 53.6 Å². The Morgan fingerprint density at radius 2 is 1.83 bits per heavy atom. The molecule has 0 saturated carbocycles. The highest BCUT2D eigenvalue weighted by molar-refractivity contribution is 5.69. The van der Waals surface area contributed by atoms with Gasteiger partial charge in [-0.25, -0.2) is 0 Å². The lowest BCUT2D eigenvalue weighted by Gasteiger charge is -2.16. The number of hydrogen-bond donors (Lipinski definition) is 2. The van der Waals surface area contributed by atoms with Crippen LogP contribution < -0.4 is 11.1 Å². The van der Waals surface area contributed by atoms with E-state index in [1.807, 2.05) is 24.4 Å². The van der Waals surface area contributed by atoms with Crippen LogP contribution in [-0.2, 0) is 13.1 Å². The fourth-order valence-corrected chi connectivity index (χ4v) is 2.86. The van der Waals surface area contributed by atoms with E-state index in [-0.39, 0.29) is 0 Å². The first-order chi connectivity index (χ1) is 11.3. The molecule has 3 nitrogen and oxygen atoms in total. The molecule has 3 rings (SSSR count). The monoisotopic (exact) mass is 303 g/mol. The second-order valence-electron chi connectivity index (χ2n) is 5.54. The van der Waals surface area contributed by atoms with E-state index in [4.69, 9.17) is 5.73 Å². The quantitative estimate of drug-likeness (QED) is 0.745. The van der Waals surface area contributed by atoms with Gasteiger partial charge in [0.2, 0.25) is 0 Å². The smallest absolute Gasteiger partial charge is 0.0529 e. The Bertz CT molecular complexity index is 768. The van der Waals surface area contributed by atoms with Gasteiger partial charge in [0, 0.05) is 25.5 Å². The third-order valence-electron chi connectivity index (χ3n) is 4.13. The van der Waals surface area contributed by atoms with Crippen LogP contribution in [0.3, 0.4) is 0 Å². The molecule has 2 aromatic carbocycles. The molecule has 0 spiro atoms. The van der Waals surface area contributed by atoms with Crippen LogP contribution in [0.25, 0.3) is 11.1 Å². The third-order valence-corrected chi connectivity index (χ3v) is 4.13. The van der Waals surface area contributed by atoms with Gasteiger partial charge in [-0.3, -0.25) is 4.98 Å². The van der Waals surface area contributed by atoms with Crippen molar-refractivity contribution in [2.45, 2.75) is 20.0 Å². The topological polar surface area (TPSA) is 50.9 Å². The zero-order valence-corrected chi connectivity index (χ0v) is 13.3. The van der Waals surface area contributed by atoms with Gasteiger partial charge in [0.15, 0.2) is 0 Å². The van der Waals surface area contributed by atoms with E-state index in [1.54, 1.807) is 6.20 Å². The number of nitrogens with zero attached hydrogens (tertiary/aromatic N) is 1. The number of anilines is 1.